The molecule has 20 heteroatoms. The average Bonchev–Trinajstić information content (AvgIpc) is 0.807. The number of Topliss-reactive ketones (excluding diaryl/α,β-unsaturated/α-hetero) is 1. The molecule has 4 aromatic heterocycles. The summed E-state index contributed by atoms with van der Waals surface area (Å²) in [5.74, 6) is -3.41. The number of fused-ring (bicyclic) bond motifs is 3. The normalized spacial score (nSPS) is 19.5. The molecule has 5 heterocycles. The van der Waals surface area contributed by atoms with E-state index in [9.17, 15) is 39.3 Å². The Morgan fingerprint density at radius 2 is 1.25 bits per heavy atom. The summed E-state index contributed by atoms with van der Waals surface area (Å²) in [5.41, 5.74) is 2.61. The van der Waals surface area contributed by atoms with E-state index < -0.39 is 76.5 Å². The molecule has 3 aromatic carbocycles. The number of carbonyl (C=O) groups is 5. The first-order valence-corrected chi connectivity index (χ1v) is 30.4. The molecule has 2 aliphatic carbocycles. The van der Waals surface area contributed by atoms with Crippen molar-refractivity contribution in [1.82, 2.24) is 40.4 Å². The molecule has 0 bridgehead atoms. The van der Waals surface area contributed by atoms with Crippen LogP contribution >= 0.6 is 0 Å². The molecule has 20 nitrogen and oxygen atoms in total. The minimum atomic E-state index is -2.08. The molecule has 2 amide bonds. The number of aromatic hydroxyl groups is 2. The van der Waals surface area contributed by atoms with Gasteiger partial charge in [0.1, 0.15) is 28.6 Å². The number of phenolic OH excluding ortho intramolecular Hbond substituents is 2. The predicted molar refractivity (Wildman–Crippen MR) is 328 cm³/mol. The molecular formula is C69H76N8O12. The number of nitrogens with zero attached hydrogens (tertiary/aromatic N) is 6. The molecule has 1 saturated heterocycles. The first-order valence-electron chi connectivity index (χ1n) is 30.4. The number of amides is 2. The minimum Gasteiger partial charge on any atom is -0.507 e. The fourth-order valence-corrected chi connectivity index (χ4v) is 12.2. The second kappa shape index (κ2) is 29.0. The standard InChI is InChI=1S/C69H76N8O12/c1-5-57(78)69(85)35-53-62(68(84)64-63(66(53)82)65(81)52-21-16-22-55(86-4)61(52)67(64)83)56(36-69)89-60-34-54(43(2)44(3)88-60)75-59(80)24-23-58(79)74-29-14-15-30-87-51-32-45(37-76(39-47-17-6-10-25-70-47)40-48-18-7-11-26-71-48)31-46(33-51)38-77(41-49-19-8-12-27-72-49)42-50-20-9-13-28-73-50/h6-13,16-22,25-28,31-33,43-44,54,56,60,82,84-85H,5,14-15,23-24,29-30,34-42H2,1-4H3,(H,74,79)(H,75,80). The Morgan fingerprint density at radius 3 is 1.79 bits per heavy atom. The Morgan fingerprint density at radius 1 is 0.685 bits per heavy atom. The van der Waals surface area contributed by atoms with Crippen LogP contribution in [0.1, 0.15) is 149 Å². The van der Waals surface area contributed by atoms with Crippen molar-refractivity contribution in [2.75, 3.05) is 20.3 Å². The average molecular weight is 1210 g/mol. The molecule has 0 spiro atoms. The van der Waals surface area contributed by atoms with E-state index in [2.05, 4.69) is 58.6 Å². The Kier molecular flexibility index (Phi) is 20.6. The maximum Gasteiger partial charge on any atom is 0.220 e. The maximum absolute atomic E-state index is 14.2. The zero-order chi connectivity index (χ0) is 62.6. The minimum absolute atomic E-state index is 0.0395. The summed E-state index contributed by atoms with van der Waals surface area (Å²) in [6, 6.07) is 34.0. The lowest BCUT2D eigenvalue weighted by Gasteiger charge is -2.43. The molecule has 5 N–H and O–H groups in total. The van der Waals surface area contributed by atoms with E-state index >= 15 is 0 Å². The number of nitrogens with one attached hydrogen (secondary N) is 2. The van der Waals surface area contributed by atoms with E-state index in [1.54, 1.807) is 31.7 Å². The van der Waals surface area contributed by atoms with Crippen molar-refractivity contribution in [3.8, 4) is 23.0 Å². The number of unbranched alkanes of at least 4 members (excludes halogenated alkanes) is 1. The lowest BCUT2D eigenvalue weighted by molar-refractivity contribution is -0.238. The molecule has 6 atom stereocenters. The largest absolute Gasteiger partial charge is 0.507 e. The number of hydrogen-bond acceptors (Lipinski definition) is 18. The van der Waals surface area contributed by atoms with Crippen LogP contribution in [0.4, 0.5) is 0 Å². The molecule has 464 valence electrons. The summed E-state index contributed by atoms with van der Waals surface area (Å²) < 4.78 is 24.7. The van der Waals surface area contributed by atoms with Crippen molar-refractivity contribution in [3.05, 3.63) is 201 Å². The van der Waals surface area contributed by atoms with E-state index in [0.717, 1.165) is 39.7 Å². The Labute approximate surface area is 517 Å². The van der Waals surface area contributed by atoms with Gasteiger partial charge in [0, 0.05) is 138 Å². The van der Waals surface area contributed by atoms with Crippen molar-refractivity contribution < 1.29 is 58.2 Å². The number of hydrogen-bond donors (Lipinski definition) is 5. The lowest BCUT2D eigenvalue weighted by atomic mass is 9.71. The van der Waals surface area contributed by atoms with Gasteiger partial charge in [-0.3, -0.25) is 53.7 Å². The fraction of sp³-hybridized carbons (Fsp3) is 0.377. The molecule has 10 rings (SSSR count). The zero-order valence-corrected chi connectivity index (χ0v) is 50.6. The van der Waals surface area contributed by atoms with E-state index in [0.29, 0.717) is 65.3 Å². The number of carbonyl (C=O) groups excluding carboxylic acids is 5. The fourth-order valence-electron chi connectivity index (χ4n) is 12.2. The SMILES string of the molecule is CCC(=O)C1(O)Cc2c(O)c3c(c(O)c2C(OC2CC(NC(=O)CCC(=O)NCCCCOc4cc(CN(Cc5ccccn5)Cc5ccccn5)cc(CN(Cc5ccccn5)Cc5ccccn5)c4)C(C)C(C)O2)C1)C(=O)c1c(OC)cccc1C3=O. The summed E-state index contributed by atoms with van der Waals surface area (Å²) in [6.07, 6.45) is 4.63. The molecule has 7 aromatic rings. The highest BCUT2D eigenvalue weighted by molar-refractivity contribution is 6.31. The van der Waals surface area contributed by atoms with Gasteiger partial charge >= 0.3 is 0 Å². The molecule has 0 radical (unpaired) electrons. The second-order valence-corrected chi connectivity index (χ2v) is 23.2. The number of aromatic nitrogens is 4. The Balaban J connectivity index is 0.752. The van der Waals surface area contributed by atoms with Crippen LogP contribution < -0.4 is 20.1 Å². The van der Waals surface area contributed by atoms with Crippen molar-refractivity contribution in [3.63, 3.8) is 0 Å². The Bertz CT molecular complexity index is 3450. The van der Waals surface area contributed by atoms with E-state index in [-0.39, 0.29) is 77.8 Å². The Hall–Kier alpha value is -8.79. The molecular weight excluding hydrogens is 1130 g/mol. The lowest BCUT2D eigenvalue weighted by Crippen LogP contribution is -2.52. The molecule has 0 saturated carbocycles. The van der Waals surface area contributed by atoms with Gasteiger partial charge in [0.2, 0.25) is 17.6 Å². The van der Waals surface area contributed by atoms with E-state index in [4.69, 9.17) is 18.9 Å². The first kappa shape index (κ1) is 63.2. The highest BCUT2D eigenvalue weighted by Crippen LogP contribution is 2.53. The molecule has 1 aliphatic heterocycles. The van der Waals surface area contributed by atoms with Crippen LogP contribution in [0.3, 0.4) is 0 Å². The van der Waals surface area contributed by atoms with Crippen LogP contribution in [0.2, 0.25) is 0 Å². The van der Waals surface area contributed by atoms with Gasteiger partial charge in [-0.15, -0.1) is 0 Å². The highest BCUT2D eigenvalue weighted by atomic mass is 16.7. The van der Waals surface area contributed by atoms with Crippen molar-refractivity contribution in [1.29, 1.82) is 0 Å². The van der Waals surface area contributed by atoms with Gasteiger partial charge < -0.3 is 44.9 Å². The number of rotatable bonds is 27. The zero-order valence-electron chi connectivity index (χ0n) is 50.6. The number of ketones is 3. The van der Waals surface area contributed by atoms with Crippen molar-refractivity contribution >= 4 is 29.2 Å². The third-order valence-corrected chi connectivity index (χ3v) is 16.8. The van der Waals surface area contributed by atoms with Crippen LogP contribution in [0, 0.1) is 5.92 Å². The van der Waals surface area contributed by atoms with E-state index in [1.807, 2.05) is 86.6 Å². The predicted octanol–water partition coefficient (Wildman–Crippen LogP) is 8.59. The molecule has 6 unspecified atom stereocenters. The molecule has 3 aliphatic rings. The van der Waals surface area contributed by atoms with Crippen molar-refractivity contribution in [2.24, 2.45) is 5.92 Å². The van der Waals surface area contributed by atoms with Gasteiger partial charge in [0.15, 0.2) is 17.9 Å². The summed E-state index contributed by atoms with van der Waals surface area (Å²) in [6.45, 7) is 9.68. The smallest absolute Gasteiger partial charge is 0.220 e. The number of aliphatic hydroxyl groups is 1. The summed E-state index contributed by atoms with van der Waals surface area (Å²) >= 11 is 0. The van der Waals surface area contributed by atoms with Gasteiger partial charge in [-0.25, -0.2) is 0 Å². The first-order chi connectivity index (χ1) is 43.1. The third kappa shape index (κ3) is 15.4. The van der Waals surface area contributed by atoms with Gasteiger partial charge in [-0.05, 0) is 97.6 Å². The number of ether oxygens (including phenoxy) is 4. The van der Waals surface area contributed by atoms with Crippen LogP contribution in [0.5, 0.6) is 23.0 Å². The van der Waals surface area contributed by atoms with E-state index in [1.165, 1.54) is 25.3 Å². The molecule has 1 fully saturated rings. The van der Waals surface area contributed by atoms with Crippen LogP contribution in [0.15, 0.2) is 134 Å². The second-order valence-electron chi connectivity index (χ2n) is 23.2. The quantitative estimate of drug-likeness (QED) is 0.0238. The van der Waals surface area contributed by atoms with Gasteiger partial charge in [-0.2, -0.15) is 0 Å². The van der Waals surface area contributed by atoms with Crippen LogP contribution in [-0.2, 0) is 69.5 Å². The highest BCUT2D eigenvalue weighted by Gasteiger charge is 2.50. The number of pyridine rings is 4. The number of benzene rings is 3. The van der Waals surface area contributed by atoms with Crippen LogP contribution in [-0.4, -0.2) is 119 Å². The summed E-state index contributed by atoms with van der Waals surface area (Å²) in [4.78, 5) is 91.5. The van der Waals surface area contributed by atoms with Crippen molar-refractivity contribution in [2.45, 2.75) is 142 Å². The van der Waals surface area contributed by atoms with Gasteiger partial charge in [0.05, 0.1) is 65.4 Å². The van der Waals surface area contributed by atoms with Gasteiger partial charge in [-0.1, -0.05) is 56.3 Å². The van der Waals surface area contributed by atoms with Gasteiger partial charge in [0.25, 0.3) is 0 Å². The molecule has 89 heavy (non-hydrogen) atoms. The maximum atomic E-state index is 14.2. The monoisotopic (exact) mass is 1210 g/mol. The van der Waals surface area contributed by atoms with Crippen LogP contribution in [0.25, 0.3) is 0 Å². The number of phenols is 2. The summed E-state index contributed by atoms with van der Waals surface area (Å²) in [7, 11) is 1.34. The topological polar surface area (TPSA) is 265 Å². The third-order valence-electron chi connectivity index (χ3n) is 16.8. The number of methoxy groups -OCH3 is 1. The summed E-state index contributed by atoms with van der Waals surface area (Å²) in [5, 5.41) is 41.8.